The predicted molar refractivity (Wildman–Crippen MR) is 151 cm³/mol. The van der Waals surface area contributed by atoms with Crippen molar-refractivity contribution in [3.63, 3.8) is 0 Å². The third kappa shape index (κ3) is 6.93. The normalized spacial score (nSPS) is 19.4. The van der Waals surface area contributed by atoms with Gasteiger partial charge in [0.05, 0.1) is 7.11 Å². The first-order valence-electron chi connectivity index (χ1n) is 14.5. The molecule has 0 aromatic heterocycles. The average molecular weight is 561 g/mol. The van der Waals surface area contributed by atoms with Crippen LogP contribution < -0.4 is 9.47 Å². The van der Waals surface area contributed by atoms with Gasteiger partial charge in [-0.1, -0.05) is 39.2 Å². The van der Waals surface area contributed by atoms with E-state index in [0.29, 0.717) is 29.6 Å². The molecule has 1 aliphatic carbocycles. The van der Waals surface area contributed by atoms with Crippen molar-refractivity contribution >= 4 is 5.91 Å². The molecule has 1 heterocycles. The van der Waals surface area contributed by atoms with Crippen LogP contribution in [0.15, 0.2) is 36.4 Å². The van der Waals surface area contributed by atoms with E-state index in [2.05, 4.69) is 11.8 Å². The molecule has 1 saturated carbocycles. The fraction of sp³-hybridized carbons (Fsp3) is 0.594. The van der Waals surface area contributed by atoms with Gasteiger partial charge in [-0.25, -0.2) is 13.2 Å². The zero-order valence-corrected chi connectivity index (χ0v) is 24.2. The molecule has 1 aliphatic heterocycles. The zero-order chi connectivity index (χ0) is 28.9. The van der Waals surface area contributed by atoms with Gasteiger partial charge in [0.1, 0.15) is 11.6 Å². The number of methoxy groups -OCH3 is 1. The van der Waals surface area contributed by atoms with Crippen LogP contribution in [0.5, 0.6) is 11.5 Å². The molecule has 1 unspecified atom stereocenters. The highest BCUT2D eigenvalue weighted by Crippen LogP contribution is 2.35. The summed E-state index contributed by atoms with van der Waals surface area (Å²) >= 11 is 0. The second-order valence-electron chi connectivity index (χ2n) is 12.0. The summed E-state index contributed by atoms with van der Waals surface area (Å²) in [6, 6.07) is 8.92. The van der Waals surface area contributed by atoms with Crippen molar-refractivity contribution in [1.29, 1.82) is 0 Å². The Morgan fingerprint density at radius 2 is 1.80 bits per heavy atom. The van der Waals surface area contributed by atoms with Crippen LogP contribution >= 0.6 is 0 Å². The van der Waals surface area contributed by atoms with E-state index in [4.69, 9.17) is 9.47 Å². The van der Waals surface area contributed by atoms with Crippen LogP contribution in [0.25, 0.3) is 0 Å². The lowest BCUT2D eigenvalue weighted by molar-refractivity contribution is 0.0582. The summed E-state index contributed by atoms with van der Waals surface area (Å²) in [7, 11) is 1.44. The maximum absolute atomic E-state index is 14.9. The Morgan fingerprint density at radius 3 is 2.48 bits per heavy atom. The lowest BCUT2D eigenvalue weighted by Gasteiger charge is -2.41. The molecule has 40 heavy (non-hydrogen) atoms. The van der Waals surface area contributed by atoms with Crippen LogP contribution in [0.3, 0.4) is 0 Å². The molecule has 0 N–H and O–H groups in total. The molecule has 4 rings (SSSR count). The van der Waals surface area contributed by atoms with Gasteiger partial charge in [0.15, 0.2) is 11.5 Å². The van der Waals surface area contributed by atoms with Crippen molar-refractivity contribution in [3.8, 4) is 11.5 Å². The van der Waals surface area contributed by atoms with Gasteiger partial charge in [0, 0.05) is 42.2 Å². The Bertz CT molecular complexity index is 1150. The topological polar surface area (TPSA) is 42.0 Å². The molecule has 2 aromatic carbocycles. The summed E-state index contributed by atoms with van der Waals surface area (Å²) in [5.41, 5.74) is -0.0501. The molecule has 2 fully saturated rings. The average Bonchev–Trinajstić information content (AvgIpc) is 3.40. The number of alkyl halides is 1. The van der Waals surface area contributed by atoms with Crippen molar-refractivity contribution in [2.75, 3.05) is 33.6 Å². The monoisotopic (exact) mass is 560 g/mol. The van der Waals surface area contributed by atoms with Crippen LogP contribution in [-0.4, -0.2) is 61.4 Å². The molecule has 1 saturated heterocycles. The van der Waals surface area contributed by atoms with E-state index < -0.39 is 23.9 Å². The Labute approximate surface area is 236 Å². The summed E-state index contributed by atoms with van der Waals surface area (Å²) in [4.78, 5) is 18.4. The second kappa shape index (κ2) is 13.3. The minimum atomic E-state index is -1.01. The minimum absolute atomic E-state index is 0.186. The number of halogens is 3. The van der Waals surface area contributed by atoms with Crippen LogP contribution in [0.4, 0.5) is 13.2 Å². The highest BCUT2D eigenvalue weighted by molar-refractivity contribution is 5.95. The van der Waals surface area contributed by atoms with E-state index >= 15 is 0 Å². The first kappa shape index (κ1) is 30.2. The lowest BCUT2D eigenvalue weighted by Crippen LogP contribution is -2.50. The van der Waals surface area contributed by atoms with Crippen molar-refractivity contribution in [3.05, 3.63) is 59.2 Å². The first-order valence-corrected chi connectivity index (χ1v) is 14.5. The van der Waals surface area contributed by atoms with Gasteiger partial charge in [-0.3, -0.25) is 9.69 Å². The maximum Gasteiger partial charge on any atom is 0.254 e. The Hall–Kier alpha value is -2.74. The number of carbonyl (C=O) groups excluding carboxylic acids is 1. The Balaban J connectivity index is 1.63. The predicted octanol–water partition coefficient (Wildman–Crippen LogP) is 7.13. The summed E-state index contributed by atoms with van der Waals surface area (Å²) < 4.78 is 51.8. The van der Waals surface area contributed by atoms with E-state index in [0.717, 1.165) is 25.5 Å². The van der Waals surface area contributed by atoms with Crippen molar-refractivity contribution in [2.45, 2.75) is 83.2 Å². The van der Waals surface area contributed by atoms with Gasteiger partial charge in [0.25, 0.3) is 5.91 Å². The highest BCUT2D eigenvalue weighted by atomic mass is 19.1. The molecule has 220 valence electrons. The third-order valence-electron chi connectivity index (χ3n) is 8.86. The SMILES string of the molecule is COc1cc(C(=O)N(C[C@@H]2CCCN2C(C)C2CCCCC2)CC(C)(C)c2ccc(F)cc2F)ccc1OCF. The quantitative estimate of drug-likeness (QED) is 0.293. The fourth-order valence-electron chi connectivity index (χ4n) is 6.71. The standard InChI is InChI=1S/C32H43F3N2O3/c1-22(23-9-6-5-7-10-23)37-16-8-11-26(37)19-36(20-32(2,3)27-14-13-25(34)18-28(27)35)31(38)24-12-15-29(40-21-33)30(17-24)39-4/h12-15,17-18,22-23,26H,5-11,16,19-21H2,1-4H3/t22?,26-/m0/s1. The number of hydrogen-bond donors (Lipinski definition) is 0. The number of likely N-dealkylation sites (tertiary alicyclic amines) is 1. The summed E-state index contributed by atoms with van der Waals surface area (Å²) in [5, 5.41) is 0. The molecule has 8 heteroatoms. The van der Waals surface area contributed by atoms with Crippen molar-refractivity contribution < 1.29 is 27.4 Å². The van der Waals surface area contributed by atoms with Gasteiger partial charge in [0.2, 0.25) is 6.86 Å². The van der Waals surface area contributed by atoms with Crippen molar-refractivity contribution in [2.24, 2.45) is 5.92 Å². The van der Waals surface area contributed by atoms with Gasteiger partial charge in [-0.2, -0.15) is 0 Å². The highest BCUT2D eigenvalue weighted by Gasteiger charge is 2.37. The van der Waals surface area contributed by atoms with Gasteiger partial charge < -0.3 is 14.4 Å². The number of nitrogens with zero attached hydrogens (tertiary/aromatic N) is 2. The van der Waals surface area contributed by atoms with E-state index in [1.807, 2.05) is 13.8 Å². The molecule has 1 amide bonds. The Kier molecular flexibility index (Phi) is 10.0. The van der Waals surface area contributed by atoms with Crippen LogP contribution in [-0.2, 0) is 5.41 Å². The Morgan fingerprint density at radius 1 is 1.05 bits per heavy atom. The zero-order valence-electron chi connectivity index (χ0n) is 24.2. The van der Waals surface area contributed by atoms with E-state index in [1.54, 1.807) is 17.0 Å². The second-order valence-corrected chi connectivity index (χ2v) is 12.0. The first-order chi connectivity index (χ1) is 19.1. The lowest BCUT2D eigenvalue weighted by atomic mass is 9.83. The smallest absolute Gasteiger partial charge is 0.254 e. The third-order valence-corrected chi connectivity index (χ3v) is 8.86. The number of hydrogen-bond acceptors (Lipinski definition) is 4. The molecular formula is C32H43F3N2O3. The number of amides is 1. The van der Waals surface area contributed by atoms with E-state index in [1.165, 1.54) is 57.4 Å². The maximum atomic E-state index is 14.9. The van der Waals surface area contributed by atoms with Crippen molar-refractivity contribution in [1.82, 2.24) is 9.80 Å². The molecular weight excluding hydrogens is 517 g/mol. The van der Waals surface area contributed by atoms with Gasteiger partial charge >= 0.3 is 0 Å². The number of benzene rings is 2. The van der Waals surface area contributed by atoms with E-state index in [9.17, 15) is 18.0 Å². The largest absolute Gasteiger partial charge is 0.493 e. The summed E-state index contributed by atoms with van der Waals surface area (Å²) in [6.45, 7) is 6.80. The van der Waals surface area contributed by atoms with Crippen LogP contribution in [0.1, 0.15) is 81.6 Å². The molecule has 2 atom stereocenters. The molecule has 0 radical (unpaired) electrons. The molecule has 2 aromatic rings. The summed E-state index contributed by atoms with van der Waals surface area (Å²) in [6.07, 6.45) is 8.41. The van der Waals surface area contributed by atoms with E-state index in [-0.39, 0.29) is 30.0 Å². The molecule has 5 nitrogen and oxygen atoms in total. The number of carbonyl (C=O) groups is 1. The van der Waals surface area contributed by atoms with Gasteiger partial charge in [-0.15, -0.1) is 0 Å². The minimum Gasteiger partial charge on any atom is -0.493 e. The molecule has 0 spiro atoms. The van der Waals surface area contributed by atoms with Crippen LogP contribution in [0, 0.1) is 17.6 Å². The van der Waals surface area contributed by atoms with Gasteiger partial charge in [-0.05, 0) is 74.9 Å². The molecule has 2 aliphatic rings. The number of ether oxygens (including phenoxy) is 2. The van der Waals surface area contributed by atoms with Crippen LogP contribution in [0.2, 0.25) is 0 Å². The fourth-order valence-corrected chi connectivity index (χ4v) is 6.71. The summed E-state index contributed by atoms with van der Waals surface area (Å²) in [5.74, 6) is -0.342. The molecule has 0 bridgehead atoms. The number of rotatable bonds is 11.